The molecule has 0 saturated carbocycles. The Morgan fingerprint density at radius 3 is 2.58 bits per heavy atom. The Kier molecular flexibility index (Phi) is 3.10. The van der Waals surface area contributed by atoms with Crippen LogP contribution in [0.25, 0.3) is 17.2 Å². The molecule has 0 atom stereocenters. The number of rotatable bonds is 1. The second kappa shape index (κ2) is 4.64. The van der Waals surface area contributed by atoms with Gasteiger partial charge in [-0.1, -0.05) is 46.3 Å². The van der Waals surface area contributed by atoms with Crippen LogP contribution in [-0.4, -0.2) is 0 Å². The molecule has 0 radical (unpaired) electrons. The molecule has 0 unspecified atom stereocenters. The lowest BCUT2D eigenvalue weighted by atomic mass is 9.91. The molecule has 2 aromatic rings. The summed E-state index contributed by atoms with van der Waals surface area (Å²) in [6, 6.07) is 8.87. The van der Waals surface area contributed by atoms with Crippen LogP contribution in [0.2, 0.25) is 0 Å². The van der Waals surface area contributed by atoms with Gasteiger partial charge < -0.3 is 0 Å². The second-order valence-corrected chi connectivity index (χ2v) is 6.09. The van der Waals surface area contributed by atoms with Crippen molar-refractivity contribution in [3.63, 3.8) is 0 Å². The largest absolute Gasteiger partial charge is 0.0794 e. The van der Waals surface area contributed by atoms with Gasteiger partial charge in [0, 0.05) is 4.47 Å². The summed E-state index contributed by atoms with van der Waals surface area (Å²) < 4.78 is 1.27. The SMILES string of the molecule is Cc1cccc(-c2cc(C)c(Br)c3c2C=CC3)c1C. The van der Waals surface area contributed by atoms with Gasteiger partial charge in [0.25, 0.3) is 0 Å². The van der Waals surface area contributed by atoms with Crippen LogP contribution >= 0.6 is 15.9 Å². The van der Waals surface area contributed by atoms with Crippen molar-refractivity contribution in [1.29, 1.82) is 0 Å². The van der Waals surface area contributed by atoms with E-state index in [9.17, 15) is 0 Å². The summed E-state index contributed by atoms with van der Waals surface area (Å²) in [7, 11) is 0. The van der Waals surface area contributed by atoms with Gasteiger partial charge in [0.05, 0.1) is 0 Å². The lowest BCUT2D eigenvalue weighted by molar-refractivity contribution is 1.25. The lowest BCUT2D eigenvalue weighted by Gasteiger charge is -2.15. The molecule has 96 valence electrons. The summed E-state index contributed by atoms with van der Waals surface area (Å²) in [6.45, 7) is 6.57. The minimum Gasteiger partial charge on any atom is -0.0794 e. The van der Waals surface area contributed by atoms with E-state index >= 15 is 0 Å². The van der Waals surface area contributed by atoms with E-state index in [1.165, 1.54) is 43.4 Å². The molecule has 2 aromatic carbocycles. The van der Waals surface area contributed by atoms with E-state index in [-0.39, 0.29) is 0 Å². The third kappa shape index (κ3) is 1.97. The Labute approximate surface area is 123 Å². The summed E-state index contributed by atoms with van der Waals surface area (Å²) in [5.74, 6) is 0. The normalized spacial score (nSPS) is 12.8. The Morgan fingerprint density at radius 2 is 1.79 bits per heavy atom. The van der Waals surface area contributed by atoms with Crippen LogP contribution < -0.4 is 0 Å². The average molecular weight is 313 g/mol. The van der Waals surface area contributed by atoms with Crippen LogP contribution in [-0.2, 0) is 6.42 Å². The molecule has 0 heterocycles. The predicted molar refractivity (Wildman–Crippen MR) is 86.5 cm³/mol. The van der Waals surface area contributed by atoms with Crippen LogP contribution in [0, 0.1) is 20.8 Å². The second-order valence-electron chi connectivity index (χ2n) is 5.30. The molecule has 0 nitrogen and oxygen atoms in total. The minimum absolute atomic E-state index is 1.04. The van der Waals surface area contributed by atoms with Crippen molar-refractivity contribution >= 4 is 22.0 Å². The molecule has 0 spiro atoms. The maximum atomic E-state index is 3.73. The van der Waals surface area contributed by atoms with Crippen molar-refractivity contribution in [3.8, 4) is 11.1 Å². The standard InChI is InChI=1S/C18H17Br/c1-11-6-4-7-14(13(11)3)17-10-12(2)18(19)16-9-5-8-15(16)17/h4-8,10H,9H2,1-3H3. The van der Waals surface area contributed by atoms with E-state index in [1.807, 2.05) is 0 Å². The lowest BCUT2D eigenvalue weighted by Crippen LogP contribution is -1.95. The molecule has 1 heteroatoms. The first-order valence-electron chi connectivity index (χ1n) is 6.64. The first kappa shape index (κ1) is 12.7. The number of hydrogen-bond acceptors (Lipinski definition) is 0. The fourth-order valence-corrected chi connectivity index (χ4v) is 3.32. The van der Waals surface area contributed by atoms with Crippen molar-refractivity contribution in [2.24, 2.45) is 0 Å². The van der Waals surface area contributed by atoms with Gasteiger partial charge in [-0.15, -0.1) is 0 Å². The highest BCUT2D eigenvalue weighted by Gasteiger charge is 2.17. The van der Waals surface area contributed by atoms with E-state index in [0.29, 0.717) is 0 Å². The van der Waals surface area contributed by atoms with E-state index in [4.69, 9.17) is 0 Å². The number of allylic oxidation sites excluding steroid dienone is 1. The molecule has 0 aromatic heterocycles. The van der Waals surface area contributed by atoms with E-state index in [1.54, 1.807) is 0 Å². The third-order valence-electron chi connectivity index (χ3n) is 4.09. The van der Waals surface area contributed by atoms with Gasteiger partial charge in [-0.25, -0.2) is 0 Å². The Bertz CT molecular complexity index is 693. The number of hydrogen-bond donors (Lipinski definition) is 0. The number of halogens is 1. The van der Waals surface area contributed by atoms with Crippen molar-refractivity contribution in [2.45, 2.75) is 27.2 Å². The van der Waals surface area contributed by atoms with Crippen LogP contribution in [0.3, 0.4) is 0 Å². The summed E-state index contributed by atoms with van der Waals surface area (Å²) in [6.07, 6.45) is 5.55. The predicted octanol–water partition coefficient (Wildman–Crippen LogP) is 5.61. The zero-order valence-electron chi connectivity index (χ0n) is 11.5. The van der Waals surface area contributed by atoms with Crippen molar-refractivity contribution < 1.29 is 0 Å². The Morgan fingerprint density at radius 1 is 1.00 bits per heavy atom. The molecule has 0 fully saturated rings. The third-order valence-corrected chi connectivity index (χ3v) is 5.19. The van der Waals surface area contributed by atoms with Gasteiger partial charge in [0.2, 0.25) is 0 Å². The molecular formula is C18H17Br. The summed E-state index contributed by atoms with van der Waals surface area (Å²) in [5.41, 5.74) is 9.59. The average Bonchev–Trinajstić information content (AvgIpc) is 2.87. The first-order valence-corrected chi connectivity index (χ1v) is 7.44. The molecule has 1 aliphatic rings. The van der Waals surface area contributed by atoms with Crippen molar-refractivity contribution in [1.82, 2.24) is 0 Å². The monoisotopic (exact) mass is 312 g/mol. The van der Waals surface area contributed by atoms with Gasteiger partial charge in [0.1, 0.15) is 0 Å². The zero-order chi connectivity index (χ0) is 13.6. The molecule has 3 rings (SSSR count). The summed E-state index contributed by atoms with van der Waals surface area (Å²) in [4.78, 5) is 0. The number of benzene rings is 2. The first-order chi connectivity index (χ1) is 9.09. The fourth-order valence-electron chi connectivity index (χ4n) is 2.83. The molecule has 0 aliphatic heterocycles. The minimum atomic E-state index is 1.04. The van der Waals surface area contributed by atoms with E-state index < -0.39 is 0 Å². The zero-order valence-corrected chi connectivity index (χ0v) is 13.1. The van der Waals surface area contributed by atoms with Gasteiger partial charge in [-0.3, -0.25) is 0 Å². The topological polar surface area (TPSA) is 0 Å². The maximum Gasteiger partial charge on any atom is 0.0246 e. The maximum absolute atomic E-state index is 3.73. The van der Waals surface area contributed by atoms with E-state index in [0.717, 1.165) is 6.42 Å². The molecule has 0 amide bonds. The smallest absolute Gasteiger partial charge is 0.0246 e. The Hall–Kier alpha value is -1.34. The van der Waals surface area contributed by atoms with Gasteiger partial charge >= 0.3 is 0 Å². The fraction of sp³-hybridized carbons (Fsp3) is 0.222. The Balaban J connectivity index is 2.32. The van der Waals surface area contributed by atoms with Gasteiger partial charge in [-0.05, 0) is 72.2 Å². The molecule has 0 N–H and O–H groups in total. The summed E-state index contributed by atoms with van der Waals surface area (Å²) in [5, 5.41) is 0. The molecule has 0 bridgehead atoms. The molecule has 19 heavy (non-hydrogen) atoms. The van der Waals surface area contributed by atoms with Crippen molar-refractivity contribution in [3.05, 3.63) is 62.6 Å². The van der Waals surface area contributed by atoms with Crippen LogP contribution in [0.4, 0.5) is 0 Å². The van der Waals surface area contributed by atoms with Crippen LogP contribution in [0.1, 0.15) is 27.8 Å². The molecular weight excluding hydrogens is 296 g/mol. The number of fused-ring (bicyclic) bond motifs is 1. The highest BCUT2D eigenvalue weighted by Crippen LogP contribution is 2.39. The van der Waals surface area contributed by atoms with E-state index in [2.05, 4.69) is 73.1 Å². The highest BCUT2D eigenvalue weighted by atomic mass is 79.9. The van der Waals surface area contributed by atoms with Crippen LogP contribution in [0.5, 0.6) is 0 Å². The van der Waals surface area contributed by atoms with Crippen LogP contribution in [0.15, 0.2) is 34.8 Å². The number of aryl methyl sites for hydroxylation is 2. The van der Waals surface area contributed by atoms with Gasteiger partial charge in [-0.2, -0.15) is 0 Å². The quantitative estimate of drug-likeness (QED) is 0.642. The highest BCUT2D eigenvalue weighted by molar-refractivity contribution is 9.10. The molecule has 1 aliphatic carbocycles. The van der Waals surface area contributed by atoms with Gasteiger partial charge in [0.15, 0.2) is 0 Å². The van der Waals surface area contributed by atoms with Crippen molar-refractivity contribution in [2.75, 3.05) is 0 Å². The summed E-state index contributed by atoms with van der Waals surface area (Å²) >= 11 is 3.73. The molecule has 0 saturated heterocycles.